The Labute approximate surface area is 160 Å². The predicted octanol–water partition coefficient (Wildman–Crippen LogP) is 3.23. The minimum Gasteiger partial charge on any atom is -0.497 e. The number of ether oxygens (including phenoxy) is 2. The molecule has 1 fully saturated rings. The maximum absolute atomic E-state index is 12.8. The number of anilines is 1. The molecule has 1 spiro atoms. The fourth-order valence-electron chi connectivity index (χ4n) is 6.18. The first-order chi connectivity index (χ1) is 13.1. The summed E-state index contributed by atoms with van der Waals surface area (Å²) in [5.41, 5.74) is 4.01. The van der Waals surface area contributed by atoms with Crippen molar-refractivity contribution in [3.8, 4) is 5.75 Å². The van der Waals surface area contributed by atoms with Gasteiger partial charge < -0.3 is 14.8 Å². The van der Waals surface area contributed by atoms with Crippen LogP contribution < -0.4 is 10.1 Å². The molecule has 0 bridgehead atoms. The lowest BCUT2D eigenvalue weighted by molar-refractivity contribution is -0.137. The molecule has 3 atom stereocenters. The average molecular weight is 366 g/mol. The molecule has 5 rings (SSSR count). The minimum absolute atomic E-state index is 0.0367. The van der Waals surface area contributed by atoms with Crippen molar-refractivity contribution in [2.75, 3.05) is 32.6 Å². The molecular formula is C22H26N2O3. The zero-order valence-corrected chi connectivity index (χ0v) is 16.2. The molecule has 1 aliphatic carbocycles. The Kier molecular flexibility index (Phi) is 3.51. The number of hydrogen-bond acceptors (Lipinski definition) is 5. The number of carbonyl (C=O) groups is 1. The zero-order valence-electron chi connectivity index (χ0n) is 16.2. The summed E-state index contributed by atoms with van der Waals surface area (Å²) in [5, 5.41) is 3.62. The van der Waals surface area contributed by atoms with Gasteiger partial charge >= 0.3 is 5.97 Å². The zero-order chi connectivity index (χ0) is 18.8. The molecule has 3 aliphatic heterocycles. The molecule has 27 heavy (non-hydrogen) atoms. The van der Waals surface area contributed by atoms with Crippen LogP contribution in [0.4, 0.5) is 5.69 Å². The quantitative estimate of drug-likeness (QED) is 0.657. The highest BCUT2D eigenvalue weighted by Gasteiger charge is 2.65. The normalized spacial score (nSPS) is 33.2. The van der Waals surface area contributed by atoms with Crippen molar-refractivity contribution in [3.63, 3.8) is 0 Å². The highest BCUT2D eigenvalue weighted by atomic mass is 16.5. The number of nitrogens with zero attached hydrogens (tertiary/aromatic N) is 1. The summed E-state index contributed by atoms with van der Waals surface area (Å²) in [5.74, 6) is 0.622. The summed E-state index contributed by atoms with van der Waals surface area (Å²) in [7, 11) is 3.17. The third kappa shape index (κ3) is 1.95. The second-order valence-electron chi connectivity index (χ2n) is 8.17. The SMILES string of the molecule is CC[C@@]12C=CCN3CC[C@@]4(C(=C(C(=O)OC)C1)Nc1cc(OC)ccc14)[C@H]32. The van der Waals surface area contributed by atoms with Gasteiger partial charge in [-0.2, -0.15) is 0 Å². The van der Waals surface area contributed by atoms with Gasteiger partial charge in [0, 0.05) is 42.0 Å². The van der Waals surface area contributed by atoms with Gasteiger partial charge in [0.1, 0.15) is 5.75 Å². The molecule has 5 nitrogen and oxygen atoms in total. The van der Waals surface area contributed by atoms with Crippen LogP contribution in [-0.2, 0) is 14.9 Å². The van der Waals surface area contributed by atoms with Crippen LogP contribution in [0, 0.1) is 5.41 Å². The molecule has 1 aromatic rings. The predicted molar refractivity (Wildman–Crippen MR) is 104 cm³/mol. The molecule has 0 saturated carbocycles. The van der Waals surface area contributed by atoms with Gasteiger partial charge in [-0.25, -0.2) is 4.79 Å². The minimum atomic E-state index is -0.208. The number of benzene rings is 1. The van der Waals surface area contributed by atoms with E-state index in [2.05, 4.69) is 41.4 Å². The Balaban J connectivity index is 1.80. The molecular weight excluding hydrogens is 340 g/mol. The number of rotatable bonds is 3. The third-order valence-corrected chi connectivity index (χ3v) is 7.27. The number of fused-ring (bicyclic) bond motifs is 1. The van der Waals surface area contributed by atoms with E-state index < -0.39 is 0 Å². The van der Waals surface area contributed by atoms with E-state index in [4.69, 9.17) is 9.47 Å². The number of carbonyl (C=O) groups excluding carboxylic acids is 1. The van der Waals surface area contributed by atoms with Gasteiger partial charge in [0.15, 0.2) is 0 Å². The average Bonchev–Trinajstić information content (AvgIpc) is 3.26. The molecule has 5 heteroatoms. The Morgan fingerprint density at radius 1 is 1.37 bits per heavy atom. The Bertz CT molecular complexity index is 890. The van der Waals surface area contributed by atoms with Gasteiger partial charge in [-0.15, -0.1) is 0 Å². The standard InChI is InChI=1S/C22H26N2O3/c1-4-21-8-5-10-24-11-9-22(20(21)24)16-7-6-14(26-2)12-17(16)23-18(22)15(13-21)19(25)27-3/h5-8,12,20,23H,4,9-11,13H2,1-3H3/t20-,21-,22-/m1/s1. The van der Waals surface area contributed by atoms with Gasteiger partial charge in [0.05, 0.1) is 25.2 Å². The summed E-state index contributed by atoms with van der Waals surface area (Å²) >= 11 is 0. The third-order valence-electron chi connectivity index (χ3n) is 7.27. The lowest BCUT2D eigenvalue weighted by atomic mass is 9.55. The van der Waals surface area contributed by atoms with Crippen molar-refractivity contribution in [3.05, 3.63) is 47.2 Å². The largest absolute Gasteiger partial charge is 0.497 e. The maximum atomic E-state index is 12.8. The lowest BCUT2D eigenvalue weighted by Crippen LogP contribution is -2.58. The van der Waals surface area contributed by atoms with Crippen LogP contribution in [-0.4, -0.2) is 44.2 Å². The van der Waals surface area contributed by atoms with Gasteiger partial charge in [0.25, 0.3) is 0 Å². The monoisotopic (exact) mass is 366 g/mol. The fourth-order valence-corrected chi connectivity index (χ4v) is 6.18. The van der Waals surface area contributed by atoms with Gasteiger partial charge in [-0.05, 0) is 30.9 Å². The Morgan fingerprint density at radius 3 is 2.96 bits per heavy atom. The molecule has 0 unspecified atom stereocenters. The Morgan fingerprint density at radius 2 is 2.22 bits per heavy atom. The summed E-state index contributed by atoms with van der Waals surface area (Å²) in [6.07, 6.45) is 7.41. The maximum Gasteiger partial charge on any atom is 0.335 e. The molecule has 142 valence electrons. The van der Waals surface area contributed by atoms with Crippen LogP contribution >= 0.6 is 0 Å². The van der Waals surface area contributed by atoms with E-state index in [1.54, 1.807) is 7.11 Å². The van der Waals surface area contributed by atoms with Crippen molar-refractivity contribution in [1.29, 1.82) is 0 Å². The Hall–Kier alpha value is -2.27. The molecule has 0 aromatic heterocycles. The smallest absolute Gasteiger partial charge is 0.335 e. The summed E-state index contributed by atoms with van der Waals surface area (Å²) in [4.78, 5) is 15.4. The topological polar surface area (TPSA) is 50.8 Å². The first-order valence-electron chi connectivity index (χ1n) is 9.79. The van der Waals surface area contributed by atoms with E-state index in [-0.39, 0.29) is 16.8 Å². The van der Waals surface area contributed by atoms with Crippen LogP contribution in [0.5, 0.6) is 5.75 Å². The van der Waals surface area contributed by atoms with Gasteiger partial charge in [0.2, 0.25) is 0 Å². The summed E-state index contributed by atoms with van der Waals surface area (Å²) in [6.45, 7) is 4.28. The number of nitrogens with one attached hydrogen (secondary N) is 1. The molecule has 1 aromatic carbocycles. The highest BCUT2D eigenvalue weighted by molar-refractivity contribution is 5.93. The van der Waals surface area contributed by atoms with E-state index in [1.807, 2.05) is 6.07 Å². The van der Waals surface area contributed by atoms with Crippen molar-refractivity contribution < 1.29 is 14.3 Å². The van der Waals surface area contributed by atoms with E-state index in [9.17, 15) is 4.79 Å². The fraction of sp³-hybridized carbons (Fsp3) is 0.500. The summed E-state index contributed by atoms with van der Waals surface area (Å²) in [6, 6.07) is 6.65. The first-order valence-corrected chi connectivity index (χ1v) is 9.79. The van der Waals surface area contributed by atoms with Crippen LogP contribution in [0.1, 0.15) is 31.7 Å². The van der Waals surface area contributed by atoms with E-state index in [1.165, 1.54) is 12.7 Å². The van der Waals surface area contributed by atoms with E-state index in [0.29, 0.717) is 6.04 Å². The molecule has 1 N–H and O–H groups in total. The first kappa shape index (κ1) is 16.9. The van der Waals surface area contributed by atoms with Crippen molar-refractivity contribution in [1.82, 2.24) is 4.90 Å². The van der Waals surface area contributed by atoms with Crippen LogP contribution in [0.25, 0.3) is 0 Å². The van der Waals surface area contributed by atoms with Gasteiger partial charge in [-0.3, -0.25) is 4.90 Å². The highest BCUT2D eigenvalue weighted by Crippen LogP contribution is 2.64. The van der Waals surface area contributed by atoms with Gasteiger partial charge in [-0.1, -0.05) is 25.1 Å². The number of hydrogen-bond donors (Lipinski definition) is 1. The molecule has 4 aliphatic rings. The summed E-state index contributed by atoms with van der Waals surface area (Å²) < 4.78 is 10.7. The van der Waals surface area contributed by atoms with Crippen LogP contribution in [0.3, 0.4) is 0 Å². The number of methoxy groups -OCH3 is 2. The molecule has 3 heterocycles. The van der Waals surface area contributed by atoms with Crippen molar-refractivity contribution in [2.24, 2.45) is 5.41 Å². The van der Waals surface area contributed by atoms with Crippen LogP contribution in [0.15, 0.2) is 41.6 Å². The number of esters is 1. The molecule has 1 saturated heterocycles. The second-order valence-corrected chi connectivity index (χ2v) is 8.17. The van der Waals surface area contributed by atoms with Crippen molar-refractivity contribution >= 4 is 11.7 Å². The van der Waals surface area contributed by atoms with E-state index >= 15 is 0 Å². The molecule has 0 amide bonds. The second kappa shape index (κ2) is 5.61. The van der Waals surface area contributed by atoms with Crippen LogP contribution in [0.2, 0.25) is 0 Å². The van der Waals surface area contributed by atoms with Crippen molar-refractivity contribution in [2.45, 2.75) is 37.6 Å². The molecule has 0 radical (unpaired) electrons. The van der Waals surface area contributed by atoms with E-state index in [0.717, 1.165) is 55.1 Å². The lowest BCUT2D eigenvalue weighted by Gasteiger charge is -2.53.